The summed E-state index contributed by atoms with van der Waals surface area (Å²) in [4.78, 5) is 32.0. The number of ether oxygens (including phenoxy) is 1. The van der Waals surface area contributed by atoms with E-state index in [2.05, 4.69) is 43.0 Å². The maximum Gasteiger partial charge on any atom is 0.253 e. The van der Waals surface area contributed by atoms with Gasteiger partial charge < -0.3 is 19.4 Å². The van der Waals surface area contributed by atoms with Crippen LogP contribution >= 0.6 is 0 Å². The number of piperidine rings is 2. The number of nitrogens with zero attached hydrogens (tertiary/aromatic N) is 3. The highest BCUT2D eigenvalue weighted by Gasteiger charge is 2.26. The number of likely N-dealkylation sites (tertiary alicyclic amines) is 3. The zero-order valence-electron chi connectivity index (χ0n) is 22.4. The summed E-state index contributed by atoms with van der Waals surface area (Å²) in [6.07, 6.45) is 6.56. The molecule has 2 aromatic rings. The van der Waals surface area contributed by atoms with E-state index in [1.165, 1.54) is 5.56 Å². The van der Waals surface area contributed by atoms with Crippen molar-refractivity contribution in [3.63, 3.8) is 0 Å². The van der Waals surface area contributed by atoms with E-state index in [9.17, 15) is 9.59 Å². The molecule has 0 bridgehead atoms. The smallest absolute Gasteiger partial charge is 0.253 e. The highest BCUT2D eigenvalue weighted by Crippen LogP contribution is 2.30. The topological polar surface area (TPSA) is 53.1 Å². The number of hydrogen-bond acceptors (Lipinski definition) is 4. The first-order valence-corrected chi connectivity index (χ1v) is 14.2. The Kier molecular flexibility index (Phi) is 8.14. The first kappa shape index (κ1) is 25.8. The Balaban J connectivity index is 1.09. The summed E-state index contributed by atoms with van der Waals surface area (Å²) in [5.74, 6) is 1.56. The molecule has 198 valence electrons. The lowest BCUT2D eigenvalue weighted by atomic mass is 9.89. The molecule has 2 aromatic carbocycles. The molecular formula is C31H41N3O3. The molecule has 0 aromatic heterocycles. The van der Waals surface area contributed by atoms with Gasteiger partial charge in [-0.25, -0.2) is 0 Å². The van der Waals surface area contributed by atoms with Crippen LogP contribution in [0.3, 0.4) is 0 Å². The summed E-state index contributed by atoms with van der Waals surface area (Å²) in [5, 5.41) is 0. The van der Waals surface area contributed by atoms with Gasteiger partial charge in [-0.1, -0.05) is 12.1 Å². The first-order chi connectivity index (χ1) is 18.0. The molecular weight excluding hydrogens is 462 g/mol. The van der Waals surface area contributed by atoms with Crippen molar-refractivity contribution in [1.82, 2.24) is 14.7 Å². The van der Waals surface area contributed by atoms with E-state index in [0.717, 1.165) is 83.5 Å². The highest BCUT2D eigenvalue weighted by molar-refractivity contribution is 5.98. The fourth-order valence-electron chi connectivity index (χ4n) is 5.98. The third-order valence-electron chi connectivity index (χ3n) is 8.42. The minimum Gasteiger partial charge on any atom is -0.490 e. The van der Waals surface area contributed by atoms with Crippen LogP contribution in [0.2, 0.25) is 0 Å². The van der Waals surface area contributed by atoms with Crippen LogP contribution in [0.1, 0.15) is 84.6 Å². The Morgan fingerprint density at radius 3 is 1.73 bits per heavy atom. The van der Waals surface area contributed by atoms with Gasteiger partial charge in [-0.2, -0.15) is 0 Å². The molecule has 0 spiro atoms. The van der Waals surface area contributed by atoms with Gasteiger partial charge in [0, 0.05) is 56.4 Å². The Hall–Kier alpha value is -2.86. The van der Waals surface area contributed by atoms with Crippen molar-refractivity contribution in [1.29, 1.82) is 0 Å². The second-order valence-corrected chi connectivity index (χ2v) is 11.2. The van der Waals surface area contributed by atoms with Gasteiger partial charge in [0.2, 0.25) is 0 Å². The van der Waals surface area contributed by atoms with Crippen molar-refractivity contribution in [2.24, 2.45) is 0 Å². The van der Waals surface area contributed by atoms with Crippen molar-refractivity contribution >= 4 is 11.8 Å². The lowest BCUT2D eigenvalue weighted by Gasteiger charge is -2.34. The van der Waals surface area contributed by atoms with E-state index >= 15 is 0 Å². The number of carbonyl (C=O) groups excluding carboxylic acids is 2. The van der Waals surface area contributed by atoms with E-state index < -0.39 is 0 Å². The Labute approximate surface area is 221 Å². The van der Waals surface area contributed by atoms with Gasteiger partial charge in [0.1, 0.15) is 11.9 Å². The van der Waals surface area contributed by atoms with Crippen molar-refractivity contribution in [2.75, 3.05) is 39.3 Å². The van der Waals surface area contributed by atoms with E-state index in [1.807, 2.05) is 21.9 Å². The predicted octanol–water partition coefficient (Wildman–Crippen LogP) is 5.19. The summed E-state index contributed by atoms with van der Waals surface area (Å²) in [5.41, 5.74) is 2.67. The predicted molar refractivity (Wildman–Crippen MR) is 146 cm³/mol. The molecule has 3 aliphatic heterocycles. The zero-order chi connectivity index (χ0) is 25.8. The maximum atomic E-state index is 13.1. The molecule has 6 nitrogen and oxygen atoms in total. The molecule has 0 unspecified atom stereocenters. The molecule has 3 fully saturated rings. The largest absolute Gasteiger partial charge is 0.490 e. The molecule has 0 aliphatic carbocycles. The highest BCUT2D eigenvalue weighted by atomic mass is 16.5. The normalized spacial score (nSPS) is 20.0. The number of benzene rings is 2. The van der Waals surface area contributed by atoms with Gasteiger partial charge in [-0.05, 0) is 100 Å². The average Bonchev–Trinajstić information content (AvgIpc) is 3.48. The standard InChI is InChI=1S/C31H41N3O3/c1-23(2)32-21-15-29(16-22-32)37-28-11-9-24(10-12-28)25-13-19-34(20-14-25)31(36)27-7-5-26(6-8-27)30(35)33-17-3-4-18-33/h5-12,23,25,29H,3-4,13-22H2,1-2H3. The van der Waals surface area contributed by atoms with Gasteiger partial charge in [-0.15, -0.1) is 0 Å². The molecule has 0 N–H and O–H groups in total. The van der Waals surface area contributed by atoms with E-state index in [-0.39, 0.29) is 11.8 Å². The Bertz CT molecular complexity index is 1040. The minimum absolute atomic E-state index is 0.0610. The molecule has 3 aliphatic rings. The molecule has 2 amide bonds. The third kappa shape index (κ3) is 6.18. The van der Waals surface area contributed by atoms with Gasteiger partial charge >= 0.3 is 0 Å². The lowest BCUT2D eigenvalue weighted by molar-refractivity contribution is 0.0711. The fraction of sp³-hybridized carbons (Fsp3) is 0.548. The van der Waals surface area contributed by atoms with Crippen LogP contribution in [0.5, 0.6) is 5.75 Å². The van der Waals surface area contributed by atoms with Crippen LogP contribution in [-0.4, -0.2) is 77.9 Å². The third-order valence-corrected chi connectivity index (χ3v) is 8.42. The van der Waals surface area contributed by atoms with E-state index in [1.54, 1.807) is 12.1 Å². The Morgan fingerprint density at radius 1 is 0.703 bits per heavy atom. The second kappa shape index (κ2) is 11.7. The fourth-order valence-corrected chi connectivity index (χ4v) is 5.98. The molecule has 0 atom stereocenters. The van der Waals surface area contributed by atoms with Crippen molar-refractivity contribution in [3.05, 3.63) is 65.2 Å². The SMILES string of the molecule is CC(C)N1CCC(Oc2ccc(C3CCN(C(=O)c4ccc(C(=O)N5CCCC5)cc4)CC3)cc2)CC1. The average molecular weight is 504 g/mol. The van der Waals surface area contributed by atoms with Crippen LogP contribution in [-0.2, 0) is 0 Å². The maximum absolute atomic E-state index is 13.1. The van der Waals surface area contributed by atoms with E-state index in [4.69, 9.17) is 4.74 Å². The lowest BCUT2D eigenvalue weighted by Crippen LogP contribution is -2.41. The number of rotatable bonds is 6. The number of carbonyl (C=O) groups is 2. The van der Waals surface area contributed by atoms with Gasteiger partial charge in [0.15, 0.2) is 0 Å². The van der Waals surface area contributed by atoms with E-state index in [0.29, 0.717) is 29.2 Å². The van der Waals surface area contributed by atoms with Crippen molar-refractivity contribution < 1.29 is 14.3 Å². The van der Waals surface area contributed by atoms with Crippen LogP contribution in [0.15, 0.2) is 48.5 Å². The molecule has 0 saturated carbocycles. The summed E-state index contributed by atoms with van der Waals surface area (Å²) < 4.78 is 6.27. The Morgan fingerprint density at radius 2 is 1.22 bits per heavy atom. The van der Waals surface area contributed by atoms with Crippen LogP contribution in [0, 0.1) is 0 Å². The number of amides is 2. The number of hydrogen-bond donors (Lipinski definition) is 0. The molecule has 3 saturated heterocycles. The van der Waals surface area contributed by atoms with Crippen molar-refractivity contribution in [2.45, 2.75) is 70.4 Å². The molecule has 0 radical (unpaired) electrons. The van der Waals surface area contributed by atoms with Crippen molar-refractivity contribution in [3.8, 4) is 5.75 Å². The molecule has 3 heterocycles. The van der Waals surface area contributed by atoms with Crippen LogP contribution < -0.4 is 4.74 Å². The quantitative estimate of drug-likeness (QED) is 0.544. The van der Waals surface area contributed by atoms with Crippen LogP contribution in [0.25, 0.3) is 0 Å². The summed E-state index contributed by atoms with van der Waals surface area (Å²) in [6.45, 7) is 9.92. The van der Waals surface area contributed by atoms with Gasteiger partial charge in [-0.3, -0.25) is 9.59 Å². The summed E-state index contributed by atoms with van der Waals surface area (Å²) >= 11 is 0. The summed E-state index contributed by atoms with van der Waals surface area (Å²) in [6, 6.07) is 16.5. The monoisotopic (exact) mass is 503 g/mol. The molecule has 6 heteroatoms. The summed E-state index contributed by atoms with van der Waals surface area (Å²) in [7, 11) is 0. The molecule has 5 rings (SSSR count). The first-order valence-electron chi connectivity index (χ1n) is 14.2. The van der Waals surface area contributed by atoms with Gasteiger partial charge in [0.05, 0.1) is 0 Å². The van der Waals surface area contributed by atoms with Gasteiger partial charge in [0.25, 0.3) is 11.8 Å². The minimum atomic E-state index is 0.0610. The van der Waals surface area contributed by atoms with Crippen LogP contribution in [0.4, 0.5) is 0 Å². The second-order valence-electron chi connectivity index (χ2n) is 11.2. The zero-order valence-corrected chi connectivity index (χ0v) is 22.4. The molecule has 37 heavy (non-hydrogen) atoms.